The Balaban J connectivity index is 2.22. The molecule has 0 aromatic rings. The van der Waals surface area contributed by atoms with E-state index < -0.39 is 6.29 Å². The highest BCUT2D eigenvalue weighted by molar-refractivity contribution is 14.1. The van der Waals surface area contributed by atoms with Crippen molar-refractivity contribution in [3.8, 4) is 0 Å². The molecule has 1 aliphatic rings. The zero-order valence-electron chi connectivity index (χ0n) is 4.51. The number of aliphatic hydroxyl groups is 1. The van der Waals surface area contributed by atoms with Crippen molar-refractivity contribution in [3.05, 3.63) is 0 Å². The monoisotopic (exact) mass is 228 g/mol. The van der Waals surface area contributed by atoms with Crippen molar-refractivity contribution in [2.24, 2.45) is 5.92 Å². The molecule has 0 spiro atoms. The van der Waals surface area contributed by atoms with Gasteiger partial charge in [-0.15, -0.1) is 0 Å². The molecular formula is C5H9IO2. The first-order chi connectivity index (χ1) is 3.83. The number of alkyl halides is 1. The number of ether oxygens (including phenoxy) is 1. The minimum Gasteiger partial charge on any atom is -0.368 e. The van der Waals surface area contributed by atoms with E-state index in [1.54, 1.807) is 0 Å². The molecule has 0 bridgehead atoms. The van der Waals surface area contributed by atoms with E-state index in [0.717, 1.165) is 17.5 Å². The van der Waals surface area contributed by atoms with E-state index >= 15 is 0 Å². The molecule has 0 aliphatic carbocycles. The summed E-state index contributed by atoms with van der Waals surface area (Å²) in [5.41, 5.74) is 0. The lowest BCUT2D eigenvalue weighted by Gasteiger charge is -1.97. The second-order valence-electron chi connectivity index (χ2n) is 2.04. The number of hydrogen-bond donors (Lipinski definition) is 1. The summed E-state index contributed by atoms with van der Waals surface area (Å²) in [6.07, 6.45) is 0.345. The Morgan fingerprint density at radius 2 is 2.50 bits per heavy atom. The SMILES string of the molecule is OC1CC(CI)CO1. The van der Waals surface area contributed by atoms with Crippen molar-refractivity contribution in [2.75, 3.05) is 11.0 Å². The summed E-state index contributed by atoms with van der Waals surface area (Å²) in [6, 6.07) is 0. The second-order valence-corrected chi connectivity index (χ2v) is 2.92. The van der Waals surface area contributed by atoms with Crippen LogP contribution in [0.5, 0.6) is 0 Å². The zero-order valence-corrected chi connectivity index (χ0v) is 6.67. The first kappa shape index (κ1) is 6.77. The van der Waals surface area contributed by atoms with Crippen molar-refractivity contribution >= 4 is 22.6 Å². The predicted molar refractivity (Wildman–Crippen MR) is 39.0 cm³/mol. The molecule has 1 rings (SSSR count). The highest BCUT2D eigenvalue weighted by Gasteiger charge is 2.21. The molecule has 0 aromatic carbocycles. The molecule has 1 heterocycles. The normalized spacial score (nSPS) is 38.2. The molecule has 0 amide bonds. The van der Waals surface area contributed by atoms with Crippen LogP contribution in [0.1, 0.15) is 6.42 Å². The predicted octanol–water partition coefficient (Wildman–Crippen LogP) is 0.776. The summed E-state index contributed by atoms with van der Waals surface area (Å²) in [7, 11) is 0. The highest BCUT2D eigenvalue weighted by Crippen LogP contribution is 2.18. The van der Waals surface area contributed by atoms with E-state index in [9.17, 15) is 0 Å². The fourth-order valence-corrected chi connectivity index (χ4v) is 1.39. The number of halogens is 1. The molecule has 48 valence electrons. The minimum absolute atomic E-state index is 0.477. The molecule has 2 nitrogen and oxygen atoms in total. The van der Waals surface area contributed by atoms with E-state index in [2.05, 4.69) is 22.6 Å². The van der Waals surface area contributed by atoms with Gasteiger partial charge in [-0.2, -0.15) is 0 Å². The standard InChI is InChI=1S/C5H9IO2/c6-2-4-1-5(7)8-3-4/h4-5,7H,1-3H2. The van der Waals surface area contributed by atoms with Crippen LogP contribution in [0.4, 0.5) is 0 Å². The van der Waals surface area contributed by atoms with Crippen molar-refractivity contribution in [1.82, 2.24) is 0 Å². The van der Waals surface area contributed by atoms with Crippen LogP contribution in [0.25, 0.3) is 0 Å². The molecule has 1 saturated heterocycles. The molecule has 1 fully saturated rings. The summed E-state index contributed by atoms with van der Waals surface area (Å²) in [6.45, 7) is 0.740. The molecule has 0 saturated carbocycles. The minimum atomic E-state index is -0.477. The maximum atomic E-state index is 8.81. The zero-order chi connectivity index (χ0) is 5.98. The Kier molecular flexibility index (Phi) is 2.52. The number of aliphatic hydroxyl groups excluding tert-OH is 1. The summed E-state index contributed by atoms with van der Waals surface area (Å²) in [5.74, 6) is 0.589. The van der Waals surface area contributed by atoms with Crippen molar-refractivity contribution in [2.45, 2.75) is 12.7 Å². The van der Waals surface area contributed by atoms with Crippen molar-refractivity contribution in [3.63, 3.8) is 0 Å². The molecule has 0 radical (unpaired) electrons. The van der Waals surface area contributed by atoms with Gasteiger partial charge in [-0.1, -0.05) is 22.6 Å². The van der Waals surface area contributed by atoms with Crippen LogP contribution in [0.3, 0.4) is 0 Å². The van der Waals surface area contributed by atoms with Gasteiger partial charge >= 0.3 is 0 Å². The Labute approximate surface area is 62.4 Å². The van der Waals surface area contributed by atoms with Crippen LogP contribution in [-0.2, 0) is 4.74 Å². The number of rotatable bonds is 1. The largest absolute Gasteiger partial charge is 0.368 e. The first-order valence-electron chi connectivity index (χ1n) is 2.68. The van der Waals surface area contributed by atoms with Crippen molar-refractivity contribution < 1.29 is 9.84 Å². The topological polar surface area (TPSA) is 29.5 Å². The average molecular weight is 228 g/mol. The van der Waals surface area contributed by atoms with Gasteiger partial charge in [0.1, 0.15) is 0 Å². The van der Waals surface area contributed by atoms with Gasteiger partial charge in [0.15, 0.2) is 6.29 Å². The summed E-state index contributed by atoms with van der Waals surface area (Å²) in [5, 5.41) is 8.81. The van der Waals surface area contributed by atoms with E-state index in [1.165, 1.54) is 0 Å². The molecule has 8 heavy (non-hydrogen) atoms. The third kappa shape index (κ3) is 1.56. The van der Waals surface area contributed by atoms with Gasteiger partial charge < -0.3 is 9.84 Å². The Morgan fingerprint density at radius 3 is 2.75 bits per heavy atom. The summed E-state index contributed by atoms with van der Waals surface area (Å²) in [4.78, 5) is 0. The molecule has 3 heteroatoms. The van der Waals surface area contributed by atoms with Gasteiger partial charge in [0.2, 0.25) is 0 Å². The first-order valence-corrected chi connectivity index (χ1v) is 4.21. The maximum absolute atomic E-state index is 8.81. The van der Waals surface area contributed by atoms with Gasteiger partial charge in [0.05, 0.1) is 6.61 Å². The average Bonchev–Trinajstić information content (AvgIpc) is 2.14. The molecular weight excluding hydrogens is 219 g/mol. The lowest BCUT2D eigenvalue weighted by molar-refractivity contribution is -0.0590. The number of hydrogen-bond acceptors (Lipinski definition) is 2. The molecule has 1 aliphatic heterocycles. The third-order valence-electron chi connectivity index (χ3n) is 1.28. The van der Waals surface area contributed by atoms with Gasteiger partial charge in [-0.05, 0) is 5.92 Å². The summed E-state index contributed by atoms with van der Waals surface area (Å²) < 4.78 is 6.00. The Hall–Kier alpha value is 0.650. The van der Waals surface area contributed by atoms with E-state index in [4.69, 9.17) is 9.84 Å². The second kappa shape index (κ2) is 2.98. The van der Waals surface area contributed by atoms with E-state index in [-0.39, 0.29) is 0 Å². The molecule has 2 unspecified atom stereocenters. The van der Waals surface area contributed by atoms with Crippen LogP contribution in [0.15, 0.2) is 0 Å². The molecule has 2 atom stereocenters. The Morgan fingerprint density at radius 1 is 1.75 bits per heavy atom. The highest BCUT2D eigenvalue weighted by atomic mass is 127. The maximum Gasteiger partial charge on any atom is 0.154 e. The fraction of sp³-hybridized carbons (Fsp3) is 1.00. The smallest absolute Gasteiger partial charge is 0.154 e. The van der Waals surface area contributed by atoms with E-state index in [1.807, 2.05) is 0 Å². The molecule has 0 aromatic heterocycles. The lowest BCUT2D eigenvalue weighted by atomic mass is 10.1. The third-order valence-corrected chi connectivity index (χ3v) is 2.52. The summed E-state index contributed by atoms with van der Waals surface area (Å²) >= 11 is 2.31. The van der Waals surface area contributed by atoms with Crippen LogP contribution in [0.2, 0.25) is 0 Å². The Bertz CT molecular complexity index is 76.8. The molecule has 1 N–H and O–H groups in total. The quantitative estimate of drug-likeness (QED) is 0.530. The van der Waals surface area contributed by atoms with Gasteiger partial charge in [0.25, 0.3) is 0 Å². The van der Waals surface area contributed by atoms with E-state index in [0.29, 0.717) is 5.92 Å². The van der Waals surface area contributed by atoms with Crippen LogP contribution < -0.4 is 0 Å². The van der Waals surface area contributed by atoms with Gasteiger partial charge in [0, 0.05) is 10.8 Å². The van der Waals surface area contributed by atoms with Crippen molar-refractivity contribution in [1.29, 1.82) is 0 Å². The lowest BCUT2D eigenvalue weighted by Crippen LogP contribution is -2.01. The fourth-order valence-electron chi connectivity index (χ4n) is 0.776. The van der Waals surface area contributed by atoms with Crippen LogP contribution in [0, 0.1) is 5.92 Å². The van der Waals surface area contributed by atoms with Crippen LogP contribution >= 0.6 is 22.6 Å². The van der Waals surface area contributed by atoms with Gasteiger partial charge in [-0.25, -0.2) is 0 Å². The van der Waals surface area contributed by atoms with Crippen LogP contribution in [-0.4, -0.2) is 22.4 Å². The van der Waals surface area contributed by atoms with Gasteiger partial charge in [-0.3, -0.25) is 0 Å².